The van der Waals surface area contributed by atoms with Gasteiger partial charge in [0.25, 0.3) is 0 Å². The monoisotopic (exact) mass is 263 g/mol. The van der Waals surface area contributed by atoms with E-state index in [1.165, 1.54) is 6.07 Å². The molecule has 0 amide bonds. The Morgan fingerprint density at radius 3 is 2.81 bits per heavy atom. The first-order valence-electron chi connectivity index (χ1n) is 5.42. The van der Waals surface area contributed by atoms with Crippen LogP contribution in [0.5, 0.6) is 0 Å². The van der Waals surface area contributed by atoms with E-state index in [1.807, 2.05) is 0 Å². The minimum Gasteiger partial charge on any atom is -0.311 e. The Hall–Kier alpha value is -0.310. The molecular weight excluding hydrogens is 248 g/mol. The fraction of sp³-hybridized carbons (Fsp3) is 0.500. The van der Waals surface area contributed by atoms with Gasteiger partial charge in [-0.15, -0.1) is 11.6 Å². The number of benzene rings is 1. The molecule has 0 aliphatic rings. The molecule has 1 aromatic rings. The molecule has 0 saturated carbocycles. The summed E-state index contributed by atoms with van der Waals surface area (Å²) in [5.41, 5.74) is 0.504. The standard InChI is InChI=1S/C12H16Cl2FN/c1-2-4-9(13)7-16-8-10-11(14)5-3-6-12(10)15/h3,5-6,9,16H,2,4,7-8H2,1H3. The highest BCUT2D eigenvalue weighted by atomic mass is 35.5. The van der Waals surface area contributed by atoms with Gasteiger partial charge >= 0.3 is 0 Å². The van der Waals surface area contributed by atoms with E-state index >= 15 is 0 Å². The molecule has 4 heteroatoms. The van der Waals surface area contributed by atoms with Gasteiger partial charge in [-0.1, -0.05) is 31.0 Å². The predicted molar refractivity (Wildman–Crippen MR) is 67.7 cm³/mol. The molecule has 0 spiro atoms. The first-order chi connectivity index (χ1) is 7.65. The van der Waals surface area contributed by atoms with E-state index < -0.39 is 0 Å². The highest BCUT2D eigenvalue weighted by molar-refractivity contribution is 6.31. The Morgan fingerprint density at radius 2 is 2.19 bits per heavy atom. The topological polar surface area (TPSA) is 12.0 Å². The summed E-state index contributed by atoms with van der Waals surface area (Å²) < 4.78 is 13.4. The van der Waals surface area contributed by atoms with E-state index in [0.29, 0.717) is 23.7 Å². The SMILES string of the molecule is CCCC(Cl)CNCc1c(F)cccc1Cl. The Bertz CT molecular complexity index is 311. The molecule has 1 N–H and O–H groups in total. The van der Waals surface area contributed by atoms with E-state index in [1.54, 1.807) is 12.1 Å². The maximum Gasteiger partial charge on any atom is 0.129 e. The molecule has 0 aromatic heterocycles. The van der Waals surface area contributed by atoms with Gasteiger partial charge in [-0.2, -0.15) is 0 Å². The summed E-state index contributed by atoms with van der Waals surface area (Å²) in [6.45, 7) is 3.17. The van der Waals surface area contributed by atoms with Crippen LogP contribution in [0.2, 0.25) is 5.02 Å². The molecule has 1 nitrogen and oxygen atoms in total. The lowest BCUT2D eigenvalue weighted by Gasteiger charge is -2.11. The van der Waals surface area contributed by atoms with Gasteiger partial charge in [-0.25, -0.2) is 4.39 Å². The van der Waals surface area contributed by atoms with Crippen LogP contribution in [-0.2, 0) is 6.54 Å². The third-order valence-electron chi connectivity index (χ3n) is 2.33. The van der Waals surface area contributed by atoms with Crippen LogP contribution in [0, 0.1) is 5.82 Å². The number of hydrogen-bond donors (Lipinski definition) is 1. The van der Waals surface area contributed by atoms with Crippen molar-refractivity contribution >= 4 is 23.2 Å². The van der Waals surface area contributed by atoms with Gasteiger partial charge in [-0.3, -0.25) is 0 Å². The Kier molecular flexibility index (Phi) is 6.10. The van der Waals surface area contributed by atoms with Gasteiger partial charge in [0.15, 0.2) is 0 Å². The van der Waals surface area contributed by atoms with Crippen molar-refractivity contribution in [3.05, 3.63) is 34.6 Å². The summed E-state index contributed by atoms with van der Waals surface area (Å²) in [4.78, 5) is 0. The minimum atomic E-state index is -0.276. The maximum absolute atomic E-state index is 13.4. The van der Waals surface area contributed by atoms with Crippen molar-refractivity contribution < 1.29 is 4.39 Å². The molecule has 1 unspecified atom stereocenters. The van der Waals surface area contributed by atoms with Crippen LogP contribution in [0.4, 0.5) is 4.39 Å². The molecule has 16 heavy (non-hydrogen) atoms. The smallest absolute Gasteiger partial charge is 0.129 e. The lowest BCUT2D eigenvalue weighted by molar-refractivity contribution is 0.576. The second-order valence-corrected chi connectivity index (χ2v) is 4.74. The van der Waals surface area contributed by atoms with E-state index in [0.717, 1.165) is 12.8 Å². The van der Waals surface area contributed by atoms with Crippen molar-refractivity contribution in [1.82, 2.24) is 5.32 Å². The van der Waals surface area contributed by atoms with E-state index in [9.17, 15) is 4.39 Å². The zero-order valence-electron chi connectivity index (χ0n) is 9.27. The Labute approximate surface area is 106 Å². The first-order valence-corrected chi connectivity index (χ1v) is 6.24. The van der Waals surface area contributed by atoms with Gasteiger partial charge in [0.05, 0.1) is 0 Å². The molecule has 0 aliphatic heterocycles. The maximum atomic E-state index is 13.4. The van der Waals surface area contributed by atoms with Crippen LogP contribution in [-0.4, -0.2) is 11.9 Å². The fourth-order valence-electron chi connectivity index (χ4n) is 1.47. The van der Waals surface area contributed by atoms with Crippen LogP contribution in [0.25, 0.3) is 0 Å². The van der Waals surface area contributed by atoms with Crippen LogP contribution in [0.1, 0.15) is 25.3 Å². The van der Waals surface area contributed by atoms with Crippen LogP contribution >= 0.6 is 23.2 Å². The van der Waals surface area contributed by atoms with E-state index in [-0.39, 0.29) is 11.2 Å². The molecule has 1 atom stereocenters. The number of nitrogens with one attached hydrogen (secondary N) is 1. The molecule has 90 valence electrons. The molecule has 0 radical (unpaired) electrons. The average molecular weight is 264 g/mol. The molecular formula is C12H16Cl2FN. The van der Waals surface area contributed by atoms with Gasteiger partial charge < -0.3 is 5.32 Å². The summed E-state index contributed by atoms with van der Waals surface area (Å²) in [7, 11) is 0. The van der Waals surface area contributed by atoms with Crippen LogP contribution in [0.15, 0.2) is 18.2 Å². The molecule has 0 saturated heterocycles. The predicted octanol–water partition coefficient (Wildman–Crippen LogP) is 3.98. The van der Waals surface area contributed by atoms with E-state index in [4.69, 9.17) is 23.2 Å². The first kappa shape index (κ1) is 13.8. The molecule has 0 fully saturated rings. The summed E-state index contributed by atoms with van der Waals surface area (Å²) >= 11 is 11.9. The number of alkyl halides is 1. The molecule has 1 aromatic carbocycles. The Morgan fingerprint density at radius 1 is 1.44 bits per heavy atom. The normalized spacial score (nSPS) is 12.8. The third-order valence-corrected chi connectivity index (χ3v) is 3.06. The summed E-state index contributed by atoms with van der Waals surface area (Å²) in [5, 5.41) is 3.66. The molecule has 0 heterocycles. The van der Waals surface area contributed by atoms with Gasteiger partial charge in [0, 0.05) is 29.1 Å². The molecule has 0 aliphatic carbocycles. The molecule has 0 bridgehead atoms. The number of halogens is 3. The average Bonchev–Trinajstić information content (AvgIpc) is 2.23. The highest BCUT2D eigenvalue weighted by Crippen LogP contribution is 2.18. The second kappa shape index (κ2) is 7.10. The van der Waals surface area contributed by atoms with Gasteiger partial charge in [-0.05, 0) is 18.6 Å². The lowest BCUT2D eigenvalue weighted by atomic mass is 10.2. The van der Waals surface area contributed by atoms with E-state index in [2.05, 4.69) is 12.2 Å². The fourth-order valence-corrected chi connectivity index (χ4v) is 2.03. The zero-order valence-corrected chi connectivity index (χ0v) is 10.8. The highest BCUT2D eigenvalue weighted by Gasteiger charge is 2.07. The van der Waals surface area contributed by atoms with Gasteiger partial charge in [0.1, 0.15) is 5.82 Å². The summed E-state index contributed by atoms with van der Waals surface area (Å²) in [6.07, 6.45) is 2.01. The summed E-state index contributed by atoms with van der Waals surface area (Å²) in [6, 6.07) is 4.70. The van der Waals surface area contributed by atoms with Crippen LogP contribution < -0.4 is 5.32 Å². The van der Waals surface area contributed by atoms with Crippen molar-refractivity contribution in [2.24, 2.45) is 0 Å². The lowest BCUT2D eigenvalue weighted by Crippen LogP contribution is -2.23. The largest absolute Gasteiger partial charge is 0.311 e. The molecule has 1 rings (SSSR count). The van der Waals surface area contributed by atoms with Crippen LogP contribution in [0.3, 0.4) is 0 Å². The summed E-state index contributed by atoms with van der Waals surface area (Å²) in [5.74, 6) is -0.276. The Balaban J connectivity index is 2.43. The number of rotatable bonds is 6. The zero-order chi connectivity index (χ0) is 12.0. The minimum absolute atomic E-state index is 0.0931. The number of hydrogen-bond acceptors (Lipinski definition) is 1. The van der Waals surface area contributed by atoms with Crippen molar-refractivity contribution in [2.75, 3.05) is 6.54 Å². The van der Waals surface area contributed by atoms with Crippen molar-refractivity contribution in [3.63, 3.8) is 0 Å². The van der Waals surface area contributed by atoms with Crippen molar-refractivity contribution in [3.8, 4) is 0 Å². The third kappa shape index (κ3) is 4.28. The quantitative estimate of drug-likeness (QED) is 0.766. The van der Waals surface area contributed by atoms with Gasteiger partial charge in [0.2, 0.25) is 0 Å². The van der Waals surface area contributed by atoms with Crippen molar-refractivity contribution in [1.29, 1.82) is 0 Å². The van der Waals surface area contributed by atoms with Crippen molar-refractivity contribution in [2.45, 2.75) is 31.7 Å². The second-order valence-electron chi connectivity index (χ2n) is 3.72.